The van der Waals surface area contributed by atoms with E-state index < -0.39 is 5.97 Å². The number of nitrogens with zero attached hydrogens (tertiary/aromatic N) is 1. The van der Waals surface area contributed by atoms with Gasteiger partial charge in [0.05, 0.1) is 5.69 Å². The van der Waals surface area contributed by atoms with Crippen LogP contribution in [0.3, 0.4) is 0 Å². The number of ether oxygens (including phenoxy) is 2. The van der Waals surface area contributed by atoms with E-state index in [1.54, 1.807) is 12.1 Å². The van der Waals surface area contributed by atoms with E-state index in [1.807, 2.05) is 37.4 Å². The molecular weight excluding hydrogens is 353 g/mol. The van der Waals surface area contributed by atoms with Crippen LogP contribution in [-0.2, 0) is 16.1 Å². The number of thiazole rings is 1. The summed E-state index contributed by atoms with van der Waals surface area (Å²) in [6.45, 7) is 3.92. The van der Waals surface area contributed by atoms with E-state index in [0.29, 0.717) is 11.4 Å². The van der Waals surface area contributed by atoms with Crippen LogP contribution in [0, 0.1) is 19.7 Å². The number of carbonyl (C=O) groups excluding carboxylic acids is 1. The van der Waals surface area contributed by atoms with Crippen LogP contribution in [0.5, 0.6) is 5.75 Å². The number of esters is 1. The zero-order valence-corrected chi connectivity index (χ0v) is 15.3. The zero-order valence-electron chi connectivity index (χ0n) is 14.5. The SMILES string of the molecule is Cc1ccc(OCC(=O)OCc2csc(-c3ccc(F)cc3)n2)cc1C. The molecule has 0 amide bonds. The summed E-state index contributed by atoms with van der Waals surface area (Å²) in [5.41, 5.74) is 3.74. The van der Waals surface area contributed by atoms with Gasteiger partial charge >= 0.3 is 5.97 Å². The molecule has 0 unspecified atom stereocenters. The van der Waals surface area contributed by atoms with Crippen molar-refractivity contribution in [3.05, 3.63) is 70.5 Å². The molecule has 1 aromatic heterocycles. The summed E-state index contributed by atoms with van der Waals surface area (Å²) >= 11 is 1.42. The minimum absolute atomic E-state index is 0.0762. The van der Waals surface area contributed by atoms with E-state index in [-0.39, 0.29) is 19.0 Å². The molecule has 0 fully saturated rings. The molecule has 0 saturated heterocycles. The smallest absolute Gasteiger partial charge is 0.344 e. The number of aromatic nitrogens is 1. The van der Waals surface area contributed by atoms with Crippen molar-refractivity contribution in [2.24, 2.45) is 0 Å². The van der Waals surface area contributed by atoms with Crippen LogP contribution in [-0.4, -0.2) is 17.6 Å². The topological polar surface area (TPSA) is 48.4 Å². The summed E-state index contributed by atoms with van der Waals surface area (Å²) in [4.78, 5) is 16.2. The second kappa shape index (κ2) is 8.10. The molecule has 0 radical (unpaired) electrons. The van der Waals surface area contributed by atoms with Crippen LogP contribution < -0.4 is 4.74 Å². The van der Waals surface area contributed by atoms with E-state index in [4.69, 9.17) is 9.47 Å². The quantitative estimate of drug-likeness (QED) is 0.590. The lowest BCUT2D eigenvalue weighted by atomic mass is 10.1. The highest BCUT2D eigenvalue weighted by atomic mass is 32.1. The summed E-state index contributed by atoms with van der Waals surface area (Å²) in [5, 5.41) is 2.57. The highest BCUT2D eigenvalue weighted by Gasteiger charge is 2.09. The minimum atomic E-state index is -0.459. The van der Waals surface area contributed by atoms with Gasteiger partial charge in [0.2, 0.25) is 0 Å². The molecule has 134 valence electrons. The first-order chi connectivity index (χ1) is 12.5. The molecule has 0 aliphatic carbocycles. The maximum Gasteiger partial charge on any atom is 0.344 e. The monoisotopic (exact) mass is 371 g/mol. The second-order valence-electron chi connectivity index (χ2n) is 5.85. The van der Waals surface area contributed by atoms with Gasteiger partial charge in [-0.3, -0.25) is 0 Å². The van der Waals surface area contributed by atoms with Crippen molar-refractivity contribution in [3.8, 4) is 16.3 Å². The van der Waals surface area contributed by atoms with Gasteiger partial charge in [-0.15, -0.1) is 11.3 Å². The van der Waals surface area contributed by atoms with Gasteiger partial charge in [-0.1, -0.05) is 6.07 Å². The predicted molar refractivity (Wildman–Crippen MR) is 98.7 cm³/mol. The summed E-state index contributed by atoms with van der Waals surface area (Å²) in [6.07, 6.45) is 0. The third-order valence-electron chi connectivity index (χ3n) is 3.86. The van der Waals surface area contributed by atoms with Gasteiger partial charge in [-0.25, -0.2) is 14.2 Å². The number of carbonyl (C=O) groups is 1. The van der Waals surface area contributed by atoms with Crippen molar-refractivity contribution in [1.82, 2.24) is 4.98 Å². The number of halogens is 1. The molecule has 0 bridgehead atoms. The number of hydrogen-bond donors (Lipinski definition) is 0. The Morgan fingerprint density at radius 2 is 1.88 bits per heavy atom. The molecule has 6 heteroatoms. The van der Waals surface area contributed by atoms with Crippen molar-refractivity contribution < 1.29 is 18.7 Å². The van der Waals surface area contributed by atoms with E-state index in [0.717, 1.165) is 16.1 Å². The van der Waals surface area contributed by atoms with Crippen molar-refractivity contribution in [2.75, 3.05) is 6.61 Å². The maximum absolute atomic E-state index is 13.0. The number of hydrogen-bond acceptors (Lipinski definition) is 5. The average molecular weight is 371 g/mol. The van der Waals surface area contributed by atoms with Gasteiger partial charge < -0.3 is 9.47 Å². The zero-order chi connectivity index (χ0) is 18.5. The molecule has 1 heterocycles. The summed E-state index contributed by atoms with van der Waals surface area (Å²) in [5.74, 6) is -0.111. The van der Waals surface area contributed by atoms with Crippen molar-refractivity contribution in [2.45, 2.75) is 20.5 Å². The third-order valence-corrected chi connectivity index (χ3v) is 4.80. The lowest BCUT2D eigenvalue weighted by Gasteiger charge is -2.08. The van der Waals surface area contributed by atoms with Crippen LogP contribution in [0.25, 0.3) is 10.6 Å². The highest BCUT2D eigenvalue weighted by Crippen LogP contribution is 2.24. The van der Waals surface area contributed by atoms with Crippen molar-refractivity contribution >= 4 is 17.3 Å². The van der Waals surface area contributed by atoms with Gasteiger partial charge in [0.1, 0.15) is 23.2 Å². The molecule has 0 spiro atoms. The molecule has 0 aliphatic heterocycles. The Labute approximate surface area is 155 Å². The molecule has 0 aliphatic rings. The molecule has 26 heavy (non-hydrogen) atoms. The fraction of sp³-hybridized carbons (Fsp3) is 0.200. The van der Waals surface area contributed by atoms with Crippen LogP contribution in [0.2, 0.25) is 0 Å². The van der Waals surface area contributed by atoms with Gasteiger partial charge in [0.15, 0.2) is 6.61 Å². The number of rotatable bonds is 6. The molecule has 0 saturated carbocycles. The summed E-state index contributed by atoms with van der Waals surface area (Å²) in [7, 11) is 0. The lowest BCUT2D eigenvalue weighted by Crippen LogP contribution is -2.14. The first-order valence-corrected chi connectivity index (χ1v) is 8.95. The van der Waals surface area contributed by atoms with E-state index >= 15 is 0 Å². The Hall–Kier alpha value is -2.73. The molecule has 2 aromatic carbocycles. The van der Waals surface area contributed by atoms with Gasteiger partial charge in [-0.05, 0) is 61.4 Å². The Morgan fingerprint density at radius 3 is 2.62 bits per heavy atom. The number of aryl methyl sites for hydroxylation is 2. The van der Waals surface area contributed by atoms with Crippen molar-refractivity contribution in [3.63, 3.8) is 0 Å². The van der Waals surface area contributed by atoms with Crippen molar-refractivity contribution in [1.29, 1.82) is 0 Å². The Kier molecular flexibility index (Phi) is 5.63. The molecule has 4 nitrogen and oxygen atoms in total. The summed E-state index contributed by atoms with van der Waals surface area (Å²) < 4.78 is 23.6. The maximum atomic E-state index is 13.0. The first-order valence-electron chi connectivity index (χ1n) is 8.07. The van der Waals surface area contributed by atoms with E-state index in [2.05, 4.69) is 4.98 Å². The van der Waals surface area contributed by atoms with Gasteiger partial charge in [-0.2, -0.15) is 0 Å². The first kappa shape index (κ1) is 18.1. The van der Waals surface area contributed by atoms with Gasteiger partial charge in [0, 0.05) is 10.9 Å². The predicted octanol–water partition coefficient (Wildman–Crippen LogP) is 4.69. The molecule has 3 aromatic rings. The van der Waals surface area contributed by atoms with Gasteiger partial charge in [0.25, 0.3) is 0 Å². The van der Waals surface area contributed by atoms with Crippen LogP contribution in [0.1, 0.15) is 16.8 Å². The third kappa shape index (κ3) is 4.67. The van der Waals surface area contributed by atoms with E-state index in [9.17, 15) is 9.18 Å². The van der Waals surface area contributed by atoms with E-state index in [1.165, 1.54) is 29.0 Å². The fourth-order valence-corrected chi connectivity index (χ4v) is 3.05. The Bertz CT molecular complexity index is 906. The fourth-order valence-electron chi connectivity index (χ4n) is 2.24. The Balaban J connectivity index is 1.50. The largest absolute Gasteiger partial charge is 0.482 e. The molecule has 0 N–H and O–H groups in total. The normalized spacial score (nSPS) is 10.6. The van der Waals surface area contributed by atoms with Crippen LogP contribution >= 0.6 is 11.3 Å². The highest BCUT2D eigenvalue weighted by molar-refractivity contribution is 7.13. The average Bonchev–Trinajstić information content (AvgIpc) is 3.10. The molecule has 3 rings (SSSR count). The van der Waals surface area contributed by atoms with Crippen LogP contribution in [0.4, 0.5) is 4.39 Å². The van der Waals surface area contributed by atoms with Crippen LogP contribution in [0.15, 0.2) is 47.8 Å². The second-order valence-corrected chi connectivity index (χ2v) is 6.70. The summed E-state index contributed by atoms with van der Waals surface area (Å²) in [6, 6.07) is 11.8. The molecular formula is C20H18FNO3S. The minimum Gasteiger partial charge on any atom is -0.482 e. The standard InChI is InChI=1S/C20H18FNO3S/c1-13-3-8-18(9-14(13)2)24-11-19(23)25-10-17-12-26-20(22-17)15-4-6-16(21)7-5-15/h3-9,12H,10-11H2,1-2H3. The lowest BCUT2D eigenvalue weighted by molar-refractivity contribution is -0.147. The Morgan fingerprint density at radius 1 is 1.12 bits per heavy atom. The molecule has 0 atom stereocenters. The number of benzene rings is 2.